The Morgan fingerprint density at radius 3 is 2.85 bits per heavy atom. The summed E-state index contributed by atoms with van der Waals surface area (Å²) in [6.45, 7) is 5.56. The van der Waals surface area contributed by atoms with Crippen LogP contribution in [0, 0.1) is 5.92 Å². The second-order valence-corrected chi connectivity index (χ2v) is 5.38. The molecule has 6 nitrogen and oxygen atoms in total. The molecule has 0 aromatic carbocycles. The first-order valence-electron chi connectivity index (χ1n) is 7.03. The summed E-state index contributed by atoms with van der Waals surface area (Å²) in [5, 5.41) is 11.1. The first-order chi connectivity index (χ1) is 9.60. The number of carbonyl (C=O) groups is 1. The first-order valence-corrected chi connectivity index (χ1v) is 7.03. The van der Waals surface area contributed by atoms with Crippen molar-refractivity contribution in [3.63, 3.8) is 0 Å². The Bertz CT molecular complexity index is 447. The Hall–Kier alpha value is -1.85. The lowest BCUT2D eigenvalue weighted by molar-refractivity contribution is -0.125. The lowest BCUT2D eigenvalue weighted by atomic mass is 9.97. The van der Waals surface area contributed by atoms with Crippen molar-refractivity contribution in [3.8, 4) is 5.88 Å². The maximum absolute atomic E-state index is 12.1. The van der Waals surface area contributed by atoms with Gasteiger partial charge >= 0.3 is 0 Å². The smallest absolute Gasteiger partial charge is 0.233 e. The molecule has 6 heteroatoms. The molecule has 1 saturated heterocycles. The van der Waals surface area contributed by atoms with Gasteiger partial charge in [-0.05, 0) is 32.8 Å². The maximum Gasteiger partial charge on any atom is 0.233 e. The SMILES string of the molecule is COc1ccc(N2CCCC(C(=O)NC(C)C)C2)nn1. The molecule has 1 fully saturated rings. The number of hydrogen-bond acceptors (Lipinski definition) is 5. The molecule has 1 aliphatic heterocycles. The van der Waals surface area contributed by atoms with E-state index >= 15 is 0 Å². The molecule has 0 aliphatic carbocycles. The van der Waals surface area contributed by atoms with Crippen molar-refractivity contribution in [2.45, 2.75) is 32.7 Å². The van der Waals surface area contributed by atoms with Crippen LogP contribution >= 0.6 is 0 Å². The van der Waals surface area contributed by atoms with Gasteiger partial charge in [0.15, 0.2) is 5.82 Å². The average molecular weight is 278 g/mol. The summed E-state index contributed by atoms with van der Waals surface area (Å²) in [7, 11) is 1.57. The van der Waals surface area contributed by atoms with E-state index in [0.29, 0.717) is 12.4 Å². The highest BCUT2D eigenvalue weighted by molar-refractivity contribution is 5.79. The Morgan fingerprint density at radius 1 is 1.45 bits per heavy atom. The van der Waals surface area contributed by atoms with E-state index in [1.54, 1.807) is 13.2 Å². The lowest BCUT2D eigenvalue weighted by Gasteiger charge is -2.32. The van der Waals surface area contributed by atoms with Gasteiger partial charge in [0.1, 0.15) is 0 Å². The zero-order valence-corrected chi connectivity index (χ0v) is 12.3. The number of nitrogens with one attached hydrogen (secondary N) is 1. The lowest BCUT2D eigenvalue weighted by Crippen LogP contribution is -2.45. The topological polar surface area (TPSA) is 67.3 Å². The summed E-state index contributed by atoms with van der Waals surface area (Å²) in [5.74, 6) is 1.45. The molecule has 1 N–H and O–H groups in total. The van der Waals surface area contributed by atoms with Crippen LogP contribution in [0.25, 0.3) is 0 Å². The monoisotopic (exact) mass is 278 g/mol. The van der Waals surface area contributed by atoms with Gasteiger partial charge in [0, 0.05) is 25.2 Å². The number of piperidine rings is 1. The predicted octanol–water partition coefficient (Wildman–Crippen LogP) is 1.23. The molecule has 1 unspecified atom stereocenters. The molecule has 2 heterocycles. The van der Waals surface area contributed by atoms with Gasteiger partial charge in [-0.2, -0.15) is 0 Å². The first kappa shape index (κ1) is 14.6. The Balaban J connectivity index is 2.00. The molecule has 1 atom stereocenters. The van der Waals surface area contributed by atoms with Gasteiger partial charge in [-0.25, -0.2) is 0 Å². The van der Waals surface area contributed by atoms with Crippen molar-refractivity contribution in [2.24, 2.45) is 5.92 Å². The van der Waals surface area contributed by atoms with Crippen LogP contribution < -0.4 is 15.0 Å². The van der Waals surface area contributed by atoms with E-state index in [9.17, 15) is 4.79 Å². The second-order valence-electron chi connectivity index (χ2n) is 5.38. The Labute approximate surface area is 119 Å². The van der Waals surface area contributed by atoms with Crippen LogP contribution in [-0.2, 0) is 4.79 Å². The van der Waals surface area contributed by atoms with Crippen molar-refractivity contribution in [2.75, 3.05) is 25.1 Å². The fourth-order valence-electron chi connectivity index (χ4n) is 2.39. The molecule has 0 bridgehead atoms. The maximum atomic E-state index is 12.1. The van der Waals surface area contributed by atoms with E-state index in [2.05, 4.69) is 20.4 Å². The number of nitrogens with zero attached hydrogens (tertiary/aromatic N) is 3. The van der Waals surface area contributed by atoms with Gasteiger partial charge in [-0.1, -0.05) is 0 Å². The Kier molecular flexibility index (Phi) is 4.76. The zero-order valence-electron chi connectivity index (χ0n) is 12.3. The summed E-state index contributed by atoms with van der Waals surface area (Å²) >= 11 is 0. The molecule has 2 rings (SSSR count). The van der Waals surface area contributed by atoms with Gasteiger partial charge in [-0.15, -0.1) is 10.2 Å². The van der Waals surface area contributed by atoms with Gasteiger partial charge in [-0.3, -0.25) is 4.79 Å². The van der Waals surface area contributed by atoms with Crippen molar-refractivity contribution < 1.29 is 9.53 Å². The van der Waals surface area contributed by atoms with Gasteiger partial charge < -0.3 is 15.0 Å². The normalized spacial score (nSPS) is 19.0. The largest absolute Gasteiger partial charge is 0.480 e. The van der Waals surface area contributed by atoms with Crippen LogP contribution in [0.2, 0.25) is 0 Å². The number of carbonyl (C=O) groups excluding carboxylic acids is 1. The molecule has 0 radical (unpaired) electrons. The van der Waals surface area contributed by atoms with Crippen LogP contribution in [0.3, 0.4) is 0 Å². The van der Waals surface area contributed by atoms with Crippen molar-refractivity contribution >= 4 is 11.7 Å². The summed E-state index contributed by atoms with van der Waals surface area (Å²) < 4.78 is 5.00. The van der Waals surface area contributed by atoms with Crippen LogP contribution in [0.5, 0.6) is 5.88 Å². The summed E-state index contributed by atoms with van der Waals surface area (Å²) in [5.41, 5.74) is 0. The molecule has 1 aromatic heterocycles. The highest BCUT2D eigenvalue weighted by Gasteiger charge is 2.26. The fourth-order valence-corrected chi connectivity index (χ4v) is 2.39. The third kappa shape index (κ3) is 3.59. The third-order valence-electron chi connectivity index (χ3n) is 3.38. The molecule has 1 aliphatic rings. The van der Waals surface area contributed by atoms with E-state index in [0.717, 1.165) is 25.2 Å². The fraction of sp³-hybridized carbons (Fsp3) is 0.643. The van der Waals surface area contributed by atoms with Crippen molar-refractivity contribution in [1.82, 2.24) is 15.5 Å². The molecule has 1 aromatic rings. The van der Waals surface area contributed by atoms with Crippen molar-refractivity contribution in [3.05, 3.63) is 12.1 Å². The highest BCUT2D eigenvalue weighted by atomic mass is 16.5. The van der Waals surface area contributed by atoms with Crippen LogP contribution in [0.1, 0.15) is 26.7 Å². The van der Waals surface area contributed by atoms with E-state index in [4.69, 9.17) is 4.74 Å². The number of amides is 1. The van der Waals surface area contributed by atoms with Crippen LogP contribution in [-0.4, -0.2) is 42.3 Å². The summed E-state index contributed by atoms with van der Waals surface area (Å²) in [6, 6.07) is 3.85. The van der Waals surface area contributed by atoms with Crippen molar-refractivity contribution in [1.29, 1.82) is 0 Å². The van der Waals surface area contributed by atoms with Gasteiger partial charge in [0.2, 0.25) is 11.8 Å². The summed E-state index contributed by atoms with van der Waals surface area (Å²) in [6.07, 6.45) is 1.92. The van der Waals surface area contributed by atoms with E-state index in [1.807, 2.05) is 19.9 Å². The number of aromatic nitrogens is 2. The minimum atomic E-state index is 0.0232. The summed E-state index contributed by atoms with van der Waals surface area (Å²) in [4.78, 5) is 14.2. The number of hydrogen-bond donors (Lipinski definition) is 1. The minimum absolute atomic E-state index is 0.0232. The number of ether oxygens (including phenoxy) is 1. The molecule has 0 spiro atoms. The number of rotatable bonds is 4. The molecule has 1 amide bonds. The van der Waals surface area contributed by atoms with Crippen LogP contribution in [0.4, 0.5) is 5.82 Å². The zero-order chi connectivity index (χ0) is 14.5. The minimum Gasteiger partial charge on any atom is -0.480 e. The average Bonchev–Trinajstić information content (AvgIpc) is 2.47. The van der Waals surface area contributed by atoms with E-state index in [1.165, 1.54) is 0 Å². The highest BCUT2D eigenvalue weighted by Crippen LogP contribution is 2.22. The van der Waals surface area contributed by atoms with Crippen LogP contribution in [0.15, 0.2) is 12.1 Å². The molecule has 20 heavy (non-hydrogen) atoms. The Morgan fingerprint density at radius 2 is 2.25 bits per heavy atom. The molecular formula is C14H22N4O2. The number of methoxy groups -OCH3 is 1. The number of anilines is 1. The van der Waals surface area contributed by atoms with Gasteiger partial charge in [0.05, 0.1) is 13.0 Å². The van der Waals surface area contributed by atoms with E-state index < -0.39 is 0 Å². The van der Waals surface area contributed by atoms with Gasteiger partial charge in [0.25, 0.3) is 0 Å². The third-order valence-corrected chi connectivity index (χ3v) is 3.38. The quantitative estimate of drug-likeness (QED) is 0.897. The molecular weight excluding hydrogens is 256 g/mol. The second kappa shape index (κ2) is 6.54. The van der Waals surface area contributed by atoms with E-state index in [-0.39, 0.29) is 17.9 Å². The predicted molar refractivity (Wildman–Crippen MR) is 76.8 cm³/mol. The molecule has 110 valence electrons. The molecule has 0 saturated carbocycles. The standard InChI is InChI=1S/C14H22N4O2/c1-10(2)15-14(19)11-5-4-8-18(9-11)12-6-7-13(20-3)17-16-12/h6-7,10-11H,4-5,8-9H2,1-3H3,(H,15,19).